The molecule has 1 aromatic carbocycles. The van der Waals surface area contributed by atoms with E-state index in [0.29, 0.717) is 0 Å². The van der Waals surface area contributed by atoms with Crippen LogP contribution in [0.1, 0.15) is 37.0 Å². The Kier molecular flexibility index (Phi) is 6.22. The Hall–Kier alpha value is -3.28. The number of fused-ring (bicyclic) bond motifs is 3. The third-order valence-corrected chi connectivity index (χ3v) is 7.50. The first-order valence-corrected chi connectivity index (χ1v) is 11.7. The van der Waals surface area contributed by atoms with E-state index in [2.05, 4.69) is 5.32 Å². The molecule has 0 saturated heterocycles. The lowest BCUT2D eigenvalue weighted by Crippen LogP contribution is -2.67. The van der Waals surface area contributed by atoms with Crippen LogP contribution in [0, 0.1) is 23.1 Å². The number of aliphatic hydroxyl groups is 3. The second-order valence-electron chi connectivity index (χ2n) is 10.3. The number of nitrogens with zero attached hydrogens (tertiary/aromatic N) is 1. The van der Waals surface area contributed by atoms with Crippen LogP contribution in [0.2, 0.25) is 0 Å². The fourth-order valence-electron chi connectivity index (χ4n) is 5.82. The highest BCUT2D eigenvalue weighted by Gasteiger charge is 2.63. The van der Waals surface area contributed by atoms with Gasteiger partial charge in [-0.05, 0) is 38.9 Å². The fraction of sp³-hybridized carbons (Fsp3) is 0.480. The lowest BCUT2D eigenvalue weighted by atomic mass is 9.57. The SMILES string of the molecule is CC(C)NCc1cc(F)c2c(c1O)C(O)=C1C(=O)[C@]3(O)C(=N)C(C(N)=O)=C(O)[C@@H](N(C)C)[C@@H]3C[C@@H]1C2. The van der Waals surface area contributed by atoms with Gasteiger partial charge in [-0.1, -0.05) is 13.8 Å². The Morgan fingerprint density at radius 3 is 2.53 bits per heavy atom. The monoisotopic (exact) mass is 502 g/mol. The summed E-state index contributed by atoms with van der Waals surface area (Å²) in [5.74, 6) is -6.30. The first-order valence-electron chi connectivity index (χ1n) is 11.7. The second kappa shape index (κ2) is 8.68. The molecular weight excluding hydrogens is 471 g/mol. The van der Waals surface area contributed by atoms with Gasteiger partial charge in [-0.15, -0.1) is 0 Å². The predicted octanol–water partition coefficient (Wildman–Crippen LogP) is 1.05. The number of Topliss-reactive ketones (excluding diaryl/α,β-unsaturated/α-hetero) is 1. The van der Waals surface area contributed by atoms with Gasteiger partial charge in [0, 0.05) is 35.2 Å². The standard InChI is InChI=1S/C25H31FN4O6/c1-9(2)29-8-11-7-14(26)12-5-10-6-13-18(30(3)4)21(33)17(24(28)35)22(27)25(13,36)23(34)15(10)20(32)16(12)19(11)31/h7,9-10,13,18,27,29,31-33,36H,5-6,8H2,1-4H3,(H2,28,35)/t10-,13-,18-,25+/m0/s1. The van der Waals surface area contributed by atoms with Gasteiger partial charge in [0.2, 0.25) is 5.78 Å². The van der Waals surface area contributed by atoms with E-state index in [9.17, 15) is 30.0 Å². The normalized spacial score (nSPS) is 27.9. The Labute approximate surface area is 207 Å². The first-order chi connectivity index (χ1) is 16.7. The van der Waals surface area contributed by atoms with E-state index in [1.165, 1.54) is 11.0 Å². The summed E-state index contributed by atoms with van der Waals surface area (Å²) in [5, 5.41) is 56.1. The average Bonchev–Trinajstić information content (AvgIpc) is 2.77. The minimum Gasteiger partial charge on any atom is -0.510 e. The summed E-state index contributed by atoms with van der Waals surface area (Å²) in [6.07, 6.45) is -0.0653. The number of carbonyl (C=O) groups is 2. The molecule has 8 N–H and O–H groups in total. The summed E-state index contributed by atoms with van der Waals surface area (Å²) in [6.45, 7) is 3.86. The molecule has 0 aliphatic heterocycles. The van der Waals surface area contributed by atoms with Crippen LogP contribution in [-0.4, -0.2) is 74.5 Å². The topological polar surface area (TPSA) is 180 Å². The fourth-order valence-corrected chi connectivity index (χ4v) is 5.82. The molecule has 10 nitrogen and oxygen atoms in total. The molecule has 0 spiro atoms. The van der Waals surface area contributed by atoms with Crippen molar-refractivity contribution in [1.29, 1.82) is 5.41 Å². The van der Waals surface area contributed by atoms with E-state index in [4.69, 9.17) is 11.1 Å². The van der Waals surface area contributed by atoms with Crippen LogP contribution in [0.5, 0.6) is 5.75 Å². The van der Waals surface area contributed by atoms with Crippen LogP contribution in [0.15, 0.2) is 23.0 Å². The van der Waals surface area contributed by atoms with Crippen molar-refractivity contribution < 1.29 is 34.4 Å². The van der Waals surface area contributed by atoms with Crippen LogP contribution >= 0.6 is 0 Å². The molecule has 0 heterocycles. The summed E-state index contributed by atoms with van der Waals surface area (Å²) < 4.78 is 15.2. The van der Waals surface area contributed by atoms with Crippen molar-refractivity contribution in [3.8, 4) is 5.75 Å². The lowest BCUT2D eigenvalue weighted by Gasteiger charge is -2.51. The Morgan fingerprint density at radius 2 is 1.97 bits per heavy atom. The maximum Gasteiger partial charge on any atom is 0.254 e. The summed E-state index contributed by atoms with van der Waals surface area (Å²) in [5.41, 5.74) is 1.04. The second-order valence-corrected chi connectivity index (χ2v) is 10.3. The molecule has 4 rings (SSSR count). The predicted molar refractivity (Wildman–Crippen MR) is 129 cm³/mol. The van der Waals surface area contributed by atoms with Crippen molar-refractivity contribution in [3.63, 3.8) is 0 Å². The molecular formula is C25H31FN4O6. The van der Waals surface area contributed by atoms with E-state index < -0.39 is 63.8 Å². The highest BCUT2D eigenvalue weighted by atomic mass is 19.1. The minimum absolute atomic E-state index is 0.0146. The number of likely N-dealkylation sites (N-methyl/N-ethyl adjacent to an activating group) is 1. The zero-order chi connectivity index (χ0) is 26.9. The molecule has 0 radical (unpaired) electrons. The van der Waals surface area contributed by atoms with Crippen LogP contribution in [0.3, 0.4) is 0 Å². The van der Waals surface area contributed by atoms with Gasteiger partial charge in [-0.2, -0.15) is 0 Å². The molecule has 4 atom stereocenters. The van der Waals surface area contributed by atoms with Gasteiger partial charge in [0.05, 0.1) is 17.3 Å². The number of hydrogen-bond acceptors (Lipinski definition) is 9. The molecule has 0 unspecified atom stereocenters. The van der Waals surface area contributed by atoms with Crippen LogP contribution in [-0.2, 0) is 22.6 Å². The van der Waals surface area contributed by atoms with Crippen LogP contribution < -0.4 is 11.1 Å². The smallest absolute Gasteiger partial charge is 0.254 e. The number of phenolic OH excluding ortho intramolecular Hbond substituents is 1. The Balaban J connectivity index is 1.91. The number of primary amides is 1. The molecule has 1 amide bonds. The number of hydrogen-bond donors (Lipinski definition) is 7. The van der Waals surface area contributed by atoms with E-state index in [0.717, 1.165) is 0 Å². The quantitative estimate of drug-likeness (QED) is 0.312. The number of phenols is 1. The van der Waals surface area contributed by atoms with E-state index in [-0.39, 0.29) is 53.4 Å². The Bertz CT molecular complexity index is 1250. The van der Waals surface area contributed by atoms with Gasteiger partial charge in [0.1, 0.15) is 28.7 Å². The average molecular weight is 503 g/mol. The Morgan fingerprint density at radius 1 is 1.33 bits per heavy atom. The number of halogens is 1. The largest absolute Gasteiger partial charge is 0.510 e. The molecule has 3 aliphatic carbocycles. The van der Waals surface area contributed by atoms with E-state index in [1.807, 2.05) is 13.8 Å². The van der Waals surface area contributed by atoms with Crippen LogP contribution in [0.4, 0.5) is 4.39 Å². The van der Waals surface area contributed by atoms with Gasteiger partial charge in [0.25, 0.3) is 5.91 Å². The van der Waals surface area contributed by atoms with Gasteiger partial charge in [-0.25, -0.2) is 4.39 Å². The molecule has 0 aromatic heterocycles. The third-order valence-electron chi connectivity index (χ3n) is 7.50. The summed E-state index contributed by atoms with van der Waals surface area (Å²) >= 11 is 0. The molecule has 1 aromatic rings. The number of benzene rings is 1. The number of carbonyl (C=O) groups excluding carboxylic acids is 2. The highest BCUT2D eigenvalue weighted by Crippen LogP contribution is 2.52. The molecule has 36 heavy (non-hydrogen) atoms. The van der Waals surface area contributed by atoms with E-state index in [1.54, 1.807) is 14.1 Å². The number of aromatic hydroxyl groups is 1. The maximum absolute atomic E-state index is 15.2. The van der Waals surface area contributed by atoms with Crippen molar-refractivity contribution in [2.45, 2.75) is 50.9 Å². The van der Waals surface area contributed by atoms with Gasteiger partial charge < -0.3 is 36.9 Å². The highest BCUT2D eigenvalue weighted by molar-refractivity contribution is 6.33. The number of amides is 1. The van der Waals surface area contributed by atoms with Crippen molar-refractivity contribution in [1.82, 2.24) is 10.2 Å². The van der Waals surface area contributed by atoms with Crippen LogP contribution in [0.25, 0.3) is 5.76 Å². The summed E-state index contributed by atoms with van der Waals surface area (Å²) in [7, 11) is 3.14. The summed E-state index contributed by atoms with van der Waals surface area (Å²) in [4.78, 5) is 27.4. The third kappa shape index (κ3) is 3.53. The maximum atomic E-state index is 15.2. The van der Waals surface area contributed by atoms with Gasteiger partial charge in [-0.3, -0.25) is 14.5 Å². The molecule has 0 bridgehead atoms. The van der Waals surface area contributed by atoms with Crippen molar-refractivity contribution in [2.75, 3.05) is 14.1 Å². The summed E-state index contributed by atoms with van der Waals surface area (Å²) in [6, 6.07) is 0.190. The first kappa shape index (κ1) is 25.8. The van der Waals surface area contributed by atoms with E-state index >= 15 is 4.39 Å². The molecule has 1 fully saturated rings. The molecule has 1 saturated carbocycles. The molecule has 3 aliphatic rings. The minimum atomic E-state index is -2.58. The number of rotatable bonds is 5. The number of aliphatic hydroxyl groups excluding tert-OH is 2. The zero-order valence-electron chi connectivity index (χ0n) is 20.5. The zero-order valence-corrected chi connectivity index (χ0v) is 20.5. The van der Waals surface area contributed by atoms with Crippen molar-refractivity contribution in [3.05, 3.63) is 45.5 Å². The van der Waals surface area contributed by atoms with Gasteiger partial charge >= 0.3 is 0 Å². The van der Waals surface area contributed by atoms with Crippen molar-refractivity contribution in [2.24, 2.45) is 17.6 Å². The van der Waals surface area contributed by atoms with Gasteiger partial charge in [0.15, 0.2) is 5.60 Å². The number of nitrogens with two attached hydrogens (primary N) is 1. The molecule has 11 heteroatoms. The lowest BCUT2D eigenvalue weighted by molar-refractivity contribution is -0.138. The van der Waals surface area contributed by atoms with Crippen molar-refractivity contribution >= 4 is 23.2 Å². The molecule has 194 valence electrons. The number of nitrogens with one attached hydrogen (secondary N) is 2. The number of ketones is 1.